The topological polar surface area (TPSA) is 76.3 Å². The zero-order valence-electron chi connectivity index (χ0n) is 14.1. The number of hydrazone groups is 1. The Morgan fingerprint density at radius 3 is 2.79 bits per heavy atom. The van der Waals surface area contributed by atoms with Crippen molar-refractivity contribution in [3.8, 4) is 0 Å². The highest BCUT2D eigenvalue weighted by Crippen LogP contribution is 2.21. The van der Waals surface area contributed by atoms with Gasteiger partial charge in [-0.15, -0.1) is 0 Å². The van der Waals surface area contributed by atoms with E-state index in [2.05, 4.69) is 22.5 Å². The van der Waals surface area contributed by atoms with Crippen LogP contribution in [-0.2, 0) is 6.54 Å². The van der Waals surface area contributed by atoms with Crippen molar-refractivity contribution >= 4 is 22.4 Å². The summed E-state index contributed by atoms with van der Waals surface area (Å²) >= 11 is 0. The van der Waals surface area contributed by atoms with Gasteiger partial charge in [0.1, 0.15) is 0 Å². The van der Waals surface area contributed by atoms with Crippen LogP contribution >= 0.6 is 0 Å². The second-order valence-electron chi connectivity index (χ2n) is 6.21. The summed E-state index contributed by atoms with van der Waals surface area (Å²) in [7, 11) is 0. The number of hydrogen-bond donors (Lipinski definition) is 1. The van der Waals surface area contributed by atoms with E-state index < -0.39 is 0 Å². The van der Waals surface area contributed by atoms with Gasteiger partial charge in [0, 0.05) is 17.6 Å². The van der Waals surface area contributed by atoms with E-state index in [4.69, 9.17) is 0 Å². The summed E-state index contributed by atoms with van der Waals surface area (Å²) in [5, 5.41) is 9.59. The van der Waals surface area contributed by atoms with Crippen LogP contribution in [0.5, 0.6) is 0 Å². The maximum atomic E-state index is 12.6. The normalized spacial score (nSPS) is 19.6. The predicted octanol–water partition coefficient (Wildman–Crippen LogP) is 2.71. The Bertz CT molecular complexity index is 854. The van der Waals surface area contributed by atoms with Gasteiger partial charge in [-0.05, 0) is 38.2 Å². The van der Waals surface area contributed by atoms with Crippen molar-refractivity contribution in [2.75, 3.05) is 0 Å². The summed E-state index contributed by atoms with van der Waals surface area (Å²) < 4.78 is 1.31. The fourth-order valence-corrected chi connectivity index (χ4v) is 3.13. The highest BCUT2D eigenvalue weighted by molar-refractivity contribution is 6.05. The molecule has 3 rings (SSSR count). The Kier molecular flexibility index (Phi) is 4.74. The minimum Gasteiger partial charge on any atom is -0.267 e. The van der Waals surface area contributed by atoms with E-state index in [-0.39, 0.29) is 17.2 Å². The van der Waals surface area contributed by atoms with E-state index in [0.29, 0.717) is 23.2 Å². The average Bonchev–Trinajstić information content (AvgIpc) is 2.61. The smallest absolute Gasteiger partial charge is 0.267 e. The highest BCUT2D eigenvalue weighted by atomic mass is 16.2. The van der Waals surface area contributed by atoms with Gasteiger partial charge < -0.3 is 0 Å². The lowest BCUT2D eigenvalue weighted by atomic mass is 9.89. The van der Waals surface area contributed by atoms with Crippen LogP contribution in [0, 0.1) is 5.92 Å². The van der Waals surface area contributed by atoms with Gasteiger partial charge in [-0.2, -0.15) is 10.2 Å². The second kappa shape index (κ2) is 6.95. The number of benzene rings is 1. The molecule has 1 aliphatic rings. The molecule has 1 aromatic heterocycles. The Morgan fingerprint density at radius 1 is 1.33 bits per heavy atom. The molecule has 24 heavy (non-hydrogen) atoms. The van der Waals surface area contributed by atoms with E-state index in [0.717, 1.165) is 25.0 Å². The Hall–Kier alpha value is -2.50. The third kappa shape index (κ3) is 3.09. The van der Waals surface area contributed by atoms with Crippen LogP contribution in [0.3, 0.4) is 0 Å². The molecule has 1 heterocycles. The molecule has 1 aliphatic carbocycles. The van der Waals surface area contributed by atoms with Crippen LogP contribution in [0.1, 0.15) is 50.0 Å². The first-order chi connectivity index (χ1) is 11.6. The highest BCUT2D eigenvalue weighted by Gasteiger charge is 2.18. The molecule has 1 aromatic carbocycles. The first-order valence-electron chi connectivity index (χ1n) is 8.48. The first-order valence-corrected chi connectivity index (χ1v) is 8.48. The minimum absolute atomic E-state index is 0.183. The van der Waals surface area contributed by atoms with Gasteiger partial charge >= 0.3 is 0 Å². The summed E-state index contributed by atoms with van der Waals surface area (Å²) in [6, 6.07) is 7.05. The molecule has 0 unspecified atom stereocenters. The molecule has 0 saturated heterocycles. The monoisotopic (exact) mass is 326 g/mol. The molecule has 0 bridgehead atoms. The number of nitrogens with one attached hydrogen (secondary N) is 1. The Labute approximate surface area is 140 Å². The first kappa shape index (κ1) is 16.4. The fraction of sp³-hybridized carbons (Fsp3) is 0.444. The van der Waals surface area contributed by atoms with Crippen molar-refractivity contribution in [3.63, 3.8) is 0 Å². The lowest BCUT2D eigenvalue weighted by molar-refractivity contribution is 0.0949. The molecule has 1 atom stereocenters. The van der Waals surface area contributed by atoms with Gasteiger partial charge in [0.25, 0.3) is 11.5 Å². The summed E-state index contributed by atoms with van der Waals surface area (Å²) in [4.78, 5) is 24.9. The number of carbonyl (C=O) groups excluding carboxylic acids is 1. The average molecular weight is 326 g/mol. The van der Waals surface area contributed by atoms with Gasteiger partial charge in [-0.1, -0.05) is 31.5 Å². The summed E-state index contributed by atoms with van der Waals surface area (Å²) in [5.74, 6) is 0.0204. The third-order valence-corrected chi connectivity index (χ3v) is 4.57. The molecule has 0 aliphatic heterocycles. The van der Waals surface area contributed by atoms with Gasteiger partial charge in [0.15, 0.2) is 5.69 Å². The molecule has 1 saturated carbocycles. The molecule has 126 valence electrons. The van der Waals surface area contributed by atoms with E-state index in [1.807, 2.05) is 6.92 Å². The number of fused-ring (bicyclic) bond motifs is 1. The van der Waals surface area contributed by atoms with Gasteiger partial charge in [-0.25, -0.2) is 10.1 Å². The molecule has 1 N–H and O–H groups in total. The van der Waals surface area contributed by atoms with Crippen molar-refractivity contribution in [2.24, 2.45) is 11.0 Å². The van der Waals surface area contributed by atoms with Crippen LogP contribution in [-0.4, -0.2) is 21.4 Å². The van der Waals surface area contributed by atoms with Crippen molar-refractivity contribution in [3.05, 3.63) is 40.3 Å². The lowest BCUT2D eigenvalue weighted by Gasteiger charge is -2.19. The Morgan fingerprint density at radius 2 is 2.08 bits per heavy atom. The lowest BCUT2D eigenvalue weighted by Crippen LogP contribution is -2.29. The van der Waals surface area contributed by atoms with Crippen LogP contribution in [0.25, 0.3) is 10.8 Å². The SMILES string of the molecule is CCn1nc(C(=O)N/N=C2/CCCC[C@H]2C)c2ccccc2c1=O. The quantitative estimate of drug-likeness (QED) is 0.881. The second-order valence-corrected chi connectivity index (χ2v) is 6.21. The zero-order valence-corrected chi connectivity index (χ0v) is 14.1. The standard InChI is InChI=1S/C18H22N4O2/c1-3-22-18(24)14-10-6-5-9-13(14)16(21-22)17(23)20-19-15-11-7-4-8-12(15)2/h5-6,9-10,12H,3-4,7-8,11H2,1-2H3,(H,20,23)/b19-15-/t12-/m1/s1. The number of aromatic nitrogens is 2. The van der Waals surface area contributed by atoms with Gasteiger partial charge in [-0.3, -0.25) is 9.59 Å². The maximum absolute atomic E-state index is 12.6. The number of nitrogens with zero attached hydrogens (tertiary/aromatic N) is 3. The minimum atomic E-state index is -0.376. The van der Waals surface area contributed by atoms with E-state index >= 15 is 0 Å². The number of carbonyl (C=O) groups is 1. The number of hydrogen-bond acceptors (Lipinski definition) is 4. The molecule has 6 nitrogen and oxygen atoms in total. The van der Waals surface area contributed by atoms with Gasteiger partial charge in [0.05, 0.1) is 5.39 Å². The fourth-order valence-electron chi connectivity index (χ4n) is 3.13. The molecular formula is C18H22N4O2. The maximum Gasteiger partial charge on any atom is 0.292 e. The summed E-state index contributed by atoms with van der Waals surface area (Å²) in [5.41, 5.74) is 3.72. The molecular weight excluding hydrogens is 304 g/mol. The third-order valence-electron chi connectivity index (χ3n) is 4.57. The van der Waals surface area contributed by atoms with Crippen molar-refractivity contribution in [1.82, 2.24) is 15.2 Å². The van der Waals surface area contributed by atoms with Crippen LogP contribution < -0.4 is 11.0 Å². The van der Waals surface area contributed by atoms with Gasteiger partial charge in [0.2, 0.25) is 0 Å². The molecule has 2 aromatic rings. The van der Waals surface area contributed by atoms with E-state index in [1.165, 1.54) is 11.1 Å². The molecule has 1 fully saturated rings. The molecule has 1 amide bonds. The van der Waals surface area contributed by atoms with Crippen LogP contribution in [0.15, 0.2) is 34.2 Å². The number of aryl methyl sites for hydroxylation is 1. The number of amides is 1. The molecule has 0 radical (unpaired) electrons. The number of rotatable bonds is 3. The summed E-state index contributed by atoms with van der Waals surface area (Å²) in [6.45, 7) is 4.37. The van der Waals surface area contributed by atoms with E-state index in [1.54, 1.807) is 24.3 Å². The predicted molar refractivity (Wildman–Crippen MR) is 94.2 cm³/mol. The Balaban J connectivity index is 1.96. The van der Waals surface area contributed by atoms with Crippen molar-refractivity contribution < 1.29 is 4.79 Å². The largest absolute Gasteiger partial charge is 0.292 e. The molecule has 6 heteroatoms. The van der Waals surface area contributed by atoms with Crippen molar-refractivity contribution in [2.45, 2.75) is 46.1 Å². The summed E-state index contributed by atoms with van der Waals surface area (Å²) in [6.07, 6.45) is 4.35. The van der Waals surface area contributed by atoms with E-state index in [9.17, 15) is 9.59 Å². The zero-order chi connectivity index (χ0) is 17.1. The molecule has 0 spiro atoms. The van der Waals surface area contributed by atoms with Crippen LogP contribution in [0.2, 0.25) is 0 Å². The van der Waals surface area contributed by atoms with Crippen molar-refractivity contribution in [1.29, 1.82) is 0 Å². The van der Waals surface area contributed by atoms with Crippen LogP contribution in [0.4, 0.5) is 0 Å².